The van der Waals surface area contributed by atoms with E-state index < -0.39 is 5.54 Å². The monoisotopic (exact) mass is 117 g/mol. The van der Waals surface area contributed by atoms with Gasteiger partial charge >= 0.3 is 0 Å². The molecule has 0 heterocycles. The Hall–Kier alpha value is -0.190. The van der Waals surface area contributed by atoms with E-state index in [9.17, 15) is 0 Å². The van der Waals surface area contributed by atoms with Gasteiger partial charge in [-0.05, 0) is 6.92 Å². The van der Waals surface area contributed by atoms with Crippen molar-refractivity contribution in [1.29, 1.82) is 0 Å². The molecule has 0 aliphatic heterocycles. The third-order valence-corrected chi connectivity index (χ3v) is 1.16. The Labute approximate surface area is 48.8 Å². The lowest BCUT2D eigenvalue weighted by atomic mass is 10.1. The van der Waals surface area contributed by atoms with Gasteiger partial charge in [-0.25, -0.2) is 0 Å². The Morgan fingerprint density at radius 2 is 2.43 bits per heavy atom. The lowest BCUT2D eigenvalue weighted by Gasteiger charge is -2.10. The highest BCUT2D eigenvalue weighted by atomic mass is 35.5. The van der Waals surface area contributed by atoms with Crippen LogP contribution < -0.4 is 5.73 Å². The largest absolute Gasteiger partial charge is 0.314 e. The van der Waals surface area contributed by atoms with E-state index >= 15 is 0 Å². The molecular weight excluding hydrogens is 110 g/mol. The van der Waals surface area contributed by atoms with Gasteiger partial charge in [0, 0.05) is 0 Å². The van der Waals surface area contributed by atoms with E-state index in [1.807, 2.05) is 0 Å². The Bertz CT molecular complexity index is 90.7. The minimum Gasteiger partial charge on any atom is -0.314 e. The average Bonchev–Trinajstić information content (AvgIpc) is 1.68. The van der Waals surface area contributed by atoms with Crippen LogP contribution in [0.4, 0.5) is 0 Å². The molecule has 0 bridgehead atoms. The molecule has 0 aromatic heterocycles. The number of rotatable bonds is 1. The molecule has 0 saturated heterocycles. The maximum Gasteiger partial charge on any atom is 0.0881 e. The fourth-order valence-corrected chi connectivity index (χ4v) is 0.116. The van der Waals surface area contributed by atoms with Crippen LogP contribution in [0, 0.1) is 12.3 Å². The van der Waals surface area contributed by atoms with Crippen LogP contribution in [0.25, 0.3) is 0 Å². The first-order chi connectivity index (χ1) is 3.12. The molecule has 0 aromatic rings. The molecule has 0 spiro atoms. The first kappa shape index (κ1) is 6.81. The van der Waals surface area contributed by atoms with E-state index in [0.29, 0.717) is 5.88 Å². The lowest BCUT2D eigenvalue weighted by Crippen LogP contribution is -2.35. The molecule has 0 aliphatic rings. The van der Waals surface area contributed by atoms with Crippen LogP contribution in [-0.4, -0.2) is 11.4 Å². The molecule has 0 amide bonds. The van der Waals surface area contributed by atoms with Gasteiger partial charge < -0.3 is 5.73 Å². The highest BCUT2D eigenvalue weighted by molar-refractivity contribution is 6.18. The van der Waals surface area contributed by atoms with Crippen LogP contribution >= 0.6 is 11.6 Å². The zero-order chi connectivity index (χ0) is 5.91. The second-order valence-electron chi connectivity index (χ2n) is 1.70. The van der Waals surface area contributed by atoms with Gasteiger partial charge in [0.1, 0.15) is 0 Å². The molecule has 0 saturated carbocycles. The molecule has 2 heteroatoms. The summed E-state index contributed by atoms with van der Waals surface area (Å²) < 4.78 is 0. The van der Waals surface area contributed by atoms with Crippen molar-refractivity contribution in [2.45, 2.75) is 12.5 Å². The number of halogens is 1. The van der Waals surface area contributed by atoms with E-state index in [-0.39, 0.29) is 0 Å². The van der Waals surface area contributed by atoms with E-state index in [1.165, 1.54) is 0 Å². The van der Waals surface area contributed by atoms with Crippen LogP contribution in [-0.2, 0) is 0 Å². The van der Waals surface area contributed by atoms with E-state index in [0.717, 1.165) is 0 Å². The summed E-state index contributed by atoms with van der Waals surface area (Å²) in [7, 11) is 0. The minimum atomic E-state index is -0.623. The summed E-state index contributed by atoms with van der Waals surface area (Å²) >= 11 is 5.33. The van der Waals surface area contributed by atoms with E-state index in [4.69, 9.17) is 23.8 Å². The van der Waals surface area contributed by atoms with Gasteiger partial charge in [0.15, 0.2) is 0 Å². The van der Waals surface area contributed by atoms with Crippen molar-refractivity contribution < 1.29 is 0 Å². The smallest absolute Gasteiger partial charge is 0.0881 e. The maximum atomic E-state index is 5.35. The second-order valence-corrected chi connectivity index (χ2v) is 1.96. The summed E-state index contributed by atoms with van der Waals surface area (Å²) in [5.74, 6) is 2.65. The molecule has 0 aromatic carbocycles. The quantitative estimate of drug-likeness (QED) is 0.395. The number of nitrogens with two attached hydrogens (primary N) is 1. The van der Waals surface area contributed by atoms with Crippen LogP contribution in [0.15, 0.2) is 0 Å². The molecule has 1 nitrogen and oxygen atoms in total. The molecule has 2 N–H and O–H groups in total. The predicted molar refractivity (Wildman–Crippen MR) is 32.1 cm³/mol. The number of alkyl halides is 1. The van der Waals surface area contributed by atoms with Crippen molar-refractivity contribution in [2.75, 3.05) is 5.88 Å². The summed E-state index contributed by atoms with van der Waals surface area (Å²) in [6.45, 7) is 1.71. The fourth-order valence-electron chi connectivity index (χ4n) is 0.0386. The van der Waals surface area contributed by atoms with Crippen molar-refractivity contribution in [3.05, 3.63) is 0 Å². The van der Waals surface area contributed by atoms with Crippen LogP contribution in [0.3, 0.4) is 0 Å². The summed E-state index contributed by atoms with van der Waals surface area (Å²) in [5.41, 5.74) is 4.72. The predicted octanol–water partition coefficient (Wildman–Crippen LogP) is 0.576. The molecular formula is C5H8ClN. The second kappa shape index (κ2) is 2.20. The minimum absolute atomic E-state index is 0.309. The Balaban J connectivity index is 3.66. The molecule has 7 heavy (non-hydrogen) atoms. The lowest BCUT2D eigenvalue weighted by molar-refractivity contribution is 0.689. The van der Waals surface area contributed by atoms with Gasteiger partial charge in [0.2, 0.25) is 0 Å². The Morgan fingerprint density at radius 1 is 2.00 bits per heavy atom. The topological polar surface area (TPSA) is 26.0 Å². The maximum absolute atomic E-state index is 5.35. The number of hydrogen-bond acceptors (Lipinski definition) is 1. The molecule has 1 unspecified atom stereocenters. The zero-order valence-electron chi connectivity index (χ0n) is 4.24. The van der Waals surface area contributed by atoms with Crippen molar-refractivity contribution >= 4 is 11.6 Å². The zero-order valence-corrected chi connectivity index (χ0v) is 5.00. The first-order valence-corrected chi connectivity index (χ1v) is 2.48. The summed E-state index contributed by atoms with van der Waals surface area (Å²) in [6, 6.07) is 0. The fraction of sp³-hybridized carbons (Fsp3) is 0.600. The van der Waals surface area contributed by atoms with Gasteiger partial charge in [-0.1, -0.05) is 5.92 Å². The van der Waals surface area contributed by atoms with E-state index in [2.05, 4.69) is 5.92 Å². The van der Waals surface area contributed by atoms with Crippen molar-refractivity contribution in [1.82, 2.24) is 0 Å². The van der Waals surface area contributed by atoms with E-state index in [1.54, 1.807) is 6.92 Å². The third-order valence-electron chi connectivity index (χ3n) is 0.607. The number of hydrogen-bond donors (Lipinski definition) is 1. The molecule has 0 radical (unpaired) electrons. The van der Waals surface area contributed by atoms with Crippen LogP contribution in [0.1, 0.15) is 6.92 Å². The van der Waals surface area contributed by atoms with Gasteiger partial charge in [-0.2, -0.15) is 0 Å². The van der Waals surface area contributed by atoms with Gasteiger partial charge in [0.05, 0.1) is 11.4 Å². The summed E-state index contributed by atoms with van der Waals surface area (Å²) in [4.78, 5) is 0. The van der Waals surface area contributed by atoms with Crippen molar-refractivity contribution in [2.24, 2.45) is 5.73 Å². The highest BCUT2D eigenvalue weighted by Crippen LogP contribution is 1.97. The normalized spacial score (nSPS) is 17.4. The molecule has 0 fully saturated rings. The van der Waals surface area contributed by atoms with Gasteiger partial charge in [0.25, 0.3) is 0 Å². The number of terminal acetylenes is 1. The van der Waals surface area contributed by atoms with Gasteiger partial charge in [-0.15, -0.1) is 18.0 Å². The third kappa shape index (κ3) is 2.50. The molecule has 0 aliphatic carbocycles. The standard InChI is InChI=1S/C5H8ClN/c1-3-5(2,7)4-6/h1H,4,7H2,2H3. The summed E-state index contributed by atoms with van der Waals surface area (Å²) in [5, 5.41) is 0. The van der Waals surface area contributed by atoms with Crippen molar-refractivity contribution in [3.8, 4) is 12.3 Å². The van der Waals surface area contributed by atoms with Crippen LogP contribution in [0.5, 0.6) is 0 Å². The molecule has 40 valence electrons. The SMILES string of the molecule is C#CC(C)(N)CCl. The molecule has 1 atom stereocenters. The van der Waals surface area contributed by atoms with Gasteiger partial charge in [-0.3, -0.25) is 0 Å². The average molecular weight is 118 g/mol. The van der Waals surface area contributed by atoms with Crippen molar-refractivity contribution in [3.63, 3.8) is 0 Å². The summed E-state index contributed by atoms with van der Waals surface area (Å²) in [6.07, 6.45) is 4.96. The Kier molecular flexibility index (Phi) is 2.14. The molecule has 0 rings (SSSR count). The highest BCUT2D eigenvalue weighted by Gasteiger charge is 2.10. The first-order valence-electron chi connectivity index (χ1n) is 1.95. The van der Waals surface area contributed by atoms with Crippen LogP contribution in [0.2, 0.25) is 0 Å². The Morgan fingerprint density at radius 3 is 2.43 bits per heavy atom.